The van der Waals surface area contributed by atoms with Crippen molar-refractivity contribution in [1.29, 1.82) is 0 Å². The fraction of sp³-hybridized carbons (Fsp3) is 0.312. The van der Waals surface area contributed by atoms with Crippen molar-refractivity contribution in [2.24, 2.45) is 0 Å². The maximum absolute atomic E-state index is 14.0. The van der Waals surface area contributed by atoms with Crippen molar-refractivity contribution in [1.82, 2.24) is 10.3 Å². The predicted molar refractivity (Wildman–Crippen MR) is 77.6 cm³/mol. The third-order valence-corrected chi connectivity index (χ3v) is 3.41. The lowest BCUT2D eigenvalue weighted by Crippen LogP contribution is -2.21. The second kappa shape index (κ2) is 6.01. The van der Waals surface area contributed by atoms with Gasteiger partial charge in [0.15, 0.2) is 0 Å². The maximum atomic E-state index is 14.0. The highest BCUT2D eigenvalue weighted by atomic mass is 19.1. The first-order valence-electron chi connectivity index (χ1n) is 6.50. The van der Waals surface area contributed by atoms with E-state index in [-0.39, 0.29) is 11.9 Å². The first-order chi connectivity index (χ1) is 9.58. The van der Waals surface area contributed by atoms with Gasteiger partial charge in [0.1, 0.15) is 11.6 Å². The molecule has 0 amide bonds. The fourth-order valence-electron chi connectivity index (χ4n) is 2.55. The molecule has 1 aromatic carbocycles. The summed E-state index contributed by atoms with van der Waals surface area (Å²) in [4.78, 5) is 3.80. The quantitative estimate of drug-likeness (QED) is 0.930. The number of pyridine rings is 1. The molecule has 0 spiro atoms. The first-order valence-corrected chi connectivity index (χ1v) is 6.50. The van der Waals surface area contributed by atoms with Gasteiger partial charge in [-0.2, -0.15) is 0 Å². The van der Waals surface area contributed by atoms with Gasteiger partial charge in [-0.15, -0.1) is 0 Å². The number of aromatic nitrogens is 1. The molecule has 0 aliphatic rings. The molecule has 0 saturated heterocycles. The van der Waals surface area contributed by atoms with E-state index in [9.17, 15) is 4.39 Å². The second-order valence-electron chi connectivity index (χ2n) is 4.82. The molecule has 1 unspecified atom stereocenters. The summed E-state index contributed by atoms with van der Waals surface area (Å²) in [6, 6.07) is 5.45. The normalized spacial score (nSPS) is 12.2. The van der Waals surface area contributed by atoms with Crippen molar-refractivity contribution in [3.05, 3.63) is 58.7 Å². The molecule has 106 valence electrons. The molecule has 0 radical (unpaired) electrons. The minimum absolute atomic E-state index is 0.270. The van der Waals surface area contributed by atoms with Crippen LogP contribution in [0, 0.1) is 19.7 Å². The van der Waals surface area contributed by atoms with Crippen molar-refractivity contribution in [3.63, 3.8) is 0 Å². The average Bonchev–Trinajstić information content (AvgIpc) is 2.43. The molecule has 20 heavy (non-hydrogen) atoms. The van der Waals surface area contributed by atoms with E-state index in [1.165, 1.54) is 6.20 Å². The second-order valence-corrected chi connectivity index (χ2v) is 4.82. The van der Waals surface area contributed by atoms with E-state index in [1.54, 1.807) is 19.4 Å². The molecule has 4 heteroatoms. The minimum atomic E-state index is -0.325. The standard InChI is InChI=1S/C16H19FN2O/c1-10-7-11(2)15(14(8-10)20-4)16(18-3)12-5-6-19-9-13(12)17/h5-9,16,18H,1-4H3. The van der Waals surface area contributed by atoms with Crippen LogP contribution in [0.15, 0.2) is 30.6 Å². The Morgan fingerprint density at radius 2 is 2.05 bits per heavy atom. The van der Waals surface area contributed by atoms with Crippen LogP contribution in [0.5, 0.6) is 5.75 Å². The first kappa shape index (κ1) is 14.5. The van der Waals surface area contributed by atoms with Gasteiger partial charge in [0.25, 0.3) is 0 Å². The van der Waals surface area contributed by atoms with Gasteiger partial charge in [-0.05, 0) is 44.2 Å². The lowest BCUT2D eigenvalue weighted by Gasteiger charge is -2.23. The third kappa shape index (κ3) is 2.65. The number of halogens is 1. The summed E-state index contributed by atoms with van der Waals surface area (Å²) in [5, 5.41) is 3.16. The van der Waals surface area contributed by atoms with Gasteiger partial charge >= 0.3 is 0 Å². The van der Waals surface area contributed by atoms with Gasteiger partial charge in [-0.3, -0.25) is 4.98 Å². The number of aryl methyl sites for hydroxylation is 2. The van der Waals surface area contributed by atoms with Crippen LogP contribution in [-0.4, -0.2) is 19.1 Å². The number of benzene rings is 1. The maximum Gasteiger partial charge on any atom is 0.146 e. The van der Waals surface area contributed by atoms with Gasteiger partial charge in [-0.25, -0.2) is 4.39 Å². The van der Waals surface area contributed by atoms with Crippen molar-refractivity contribution in [2.75, 3.05) is 14.2 Å². The topological polar surface area (TPSA) is 34.2 Å². The van der Waals surface area contributed by atoms with E-state index >= 15 is 0 Å². The van der Waals surface area contributed by atoms with Crippen LogP contribution in [0.1, 0.15) is 28.3 Å². The molecule has 0 fully saturated rings. The summed E-state index contributed by atoms with van der Waals surface area (Å²) < 4.78 is 19.5. The number of hydrogen-bond acceptors (Lipinski definition) is 3. The van der Waals surface area contributed by atoms with Gasteiger partial charge < -0.3 is 10.1 Å². The van der Waals surface area contributed by atoms with Gasteiger partial charge in [0.2, 0.25) is 0 Å². The largest absolute Gasteiger partial charge is 0.496 e. The molecular formula is C16H19FN2O. The highest BCUT2D eigenvalue weighted by Gasteiger charge is 2.22. The van der Waals surface area contributed by atoms with Crippen LogP contribution < -0.4 is 10.1 Å². The molecule has 2 aromatic rings. The Morgan fingerprint density at radius 3 is 2.65 bits per heavy atom. The number of hydrogen-bond donors (Lipinski definition) is 1. The van der Waals surface area contributed by atoms with E-state index in [1.807, 2.05) is 27.0 Å². The summed E-state index contributed by atoms with van der Waals surface area (Å²) in [5.41, 5.74) is 3.70. The summed E-state index contributed by atoms with van der Waals surface area (Å²) in [5.74, 6) is 0.437. The highest BCUT2D eigenvalue weighted by Crippen LogP contribution is 2.34. The summed E-state index contributed by atoms with van der Waals surface area (Å²) in [6.07, 6.45) is 2.83. The Bertz CT molecular complexity index is 613. The zero-order chi connectivity index (χ0) is 14.7. The molecule has 1 N–H and O–H groups in total. The van der Waals surface area contributed by atoms with Gasteiger partial charge in [0.05, 0.1) is 19.3 Å². The lowest BCUT2D eigenvalue weighted by atomic mass is 9.93. The van der Waals surface area contributed by atoms with Crippen LogP contribution in [0.3, 0.4) is 0 Å². The van der Waals surface area contributed by atoms with E-state index in [2.05, 4.69) is 16.4 Å². The Kier molecular flexibility index (Phi) is 4.35. The van der Waals surface area contributed by atoms with Crippen molar-refractivity contribution < 1.29 is 9.13 Å². The van der Waals surface area contributed by atoms with Crippen molar-refractivity contribution in [2.45, 2.75) is 19.9 Å². The zero-order valence-corrected chi connectivity index (χ0v) is 12.2. The number of ether oxygens (including phenoxy) is 1. The van der Waals surface area contributed by atoms with Crippen molar-refractivity contribution in [3.8, 4) is 5.75 Å². The van der Waals surface area contributed by atoms with Gasteiger partial charge in [0, 0.05) is 17.3 Å². The van der Waals surface area contributed by atoms with Crippen molar-refractivity contribution >= 4 is 0 Å². The zero-order valence-electron chi connectivity index (χ0n) is 12.2. The fourth-order valence-corrected chi connectivity index (χ4v) is 2.55. The Hall–Kier alpha value is -1.94. The van der Waals surface area contributed by atoms with E-state index < -0.39 is 0 Å². The lowest BCUT2D eigenvalue weighted by molar-refractivity contribution is 0.403. The Balaban J connectivity index is 2.61. The molecular weight excluding hydrogens is 255 g/mol. The molecule has 3 nitrogen and oxygen atoms in total. The molecule has 2 rings (SSSR count). The SMILES string of the molecule is CNC(c1ccncc1F)c1c(C)cc(C)cc1OC. The molecule has 1 heterocycles. The molecule has 0 aliphatic heterocycles. The van der Waals surface area contributed by atoms with E-state index in [4.69, 9.17) is 4.74 Å². The summed E-state index contributed by atoms with van der Waals surface area (Å²) in [6.45, 7) is 4.02. The number of nitrogens with zero attached hydrogens (tertiary/aromatic N) is 1. The number of methoxy groups -OCH3 is 1. The molecule has 0 saturated carbocycles. The molecule has 0 aliphatic carbocycles. The average molecular weight is 274 g/mol. The van der Waals surface area contributed by atoms with E-state index in [0.717, 1.165) is 22.4 Å². The van der Waals surface area contributed by atoms with Crippen LogP contribution in [0.4, 0.5) is 4.39 Å². The van der Waals surface area contributed by atoms with Crippen LogP contribution >= 0.6 is 0 Å². The highest BCUT2D eigenvalue weighted by molar-refractivity contribution is 5.48. The Morgan fingerprint density at radius 1 is 1.30 bits per heavy atom. The Labute approximate surface area is 118 Å². The monoisotopic (exact) mass is 274 g/mol. The minimum Gasteiger partial charge on any atom is -0.496 e. The summed E-state index contributed by atoms with van der Waals surface area (Å²) in [7, 11) is 3.44. The number of nitrogens with one attached hydrogen (secondary N) is 1. The van der Waals surface area contributed by atoms with Crippen LogP contribution in [0.25, 0.3) is 0 Å². The number of rotatable bonds is 4. The molecule has 0 bridgehead atoms. The molecule has 1 atom stereocenters. The van der Waals surface area contributed by atoms with Gasteiger partial charge in [-0.1, -0.05) is 6.07 Å². The third-order valence-electron chi connectivity index (χ3n) is 3.41. The van der Waals surface area contributed by atoms with Crippen LogP contribution in [-0.2, 0) is 0 Å². The van der Waals surface area contributed by atoms with Crippen LogP contribution in [0.2, 0.25) is 0 Å². The smallest absolute Gasteiger partial charge is 0.146 e. The molecule has 1 aromatic heterocycles. The van der Waals surface area contributed by atoms with E-state index in [0.29, 0.717) is 5.56 Å². The summed E-state index contributed by atoms with van der Waals surface area (Å²) >= 11 is 0. The predicted octanol–water partition coefficient (Wildman–Crippen LogP) is 3.15.